The molecule has 0 unspecified atom stereocenters. The number of hydrogen-bond acceptors (Lipinski definition) is 3. The average molecular weight is 311 g/mol. The Bertz CT molecular complexity index is 680. The lowest BCUT2D eigenvalue weighted by molar-refractivity contribution is -0.116. The molecular formula is C19H21NO3. The summed E-state index contributed by atoms with van der Waals surface area (Å²) in [6.45, 7) is 2.43. The quantitative estimate of drug-likeness (QED) is 0.879. The number of aryl methyl sites for hydroxylation is 2. The van der Waals surface area contributed by atoms with E-state index in [0.29, 0.717) is 12.8 Å². The van der Waals surface area contributed by atoms with Crippen LogP contribution < -0.4 is 14.8 Å². The number of amides is 1. The largest absolute Gasteiger partial charge is 0.454 e. The molecule has 4 nitrogen and oxygen atoms in total. The van der Waals surface area contributed by atoms with Crippen molar-refractivity contribution >= 4 is 11.6 Å². The van der Waals surface area contributed by atoms with Crippen LogP contribution in [0.25, 0.3) is 0 Å². The molecule has 120 valence electrons. The molecule has 0 bridgehead atoms. The minimum absolute atomic E-state index is 0.0194. The lowest BCUT2D eigenvalue weighted by Gasteiger charge is -2.07. The number of rotatable bonds is 6. The number of fused-ring (bicyclic) bond motifs is 1. The second-order valence-corrected chi connectivity index (χ2v) is 5.68. The van der Waals surface area contributed by atoms with Crippen molar-refractivity contribution in [2.24, 2.45) is 0 Å². The number of carbonyl (C=O) groups is 1. The zero-order valence-electron chi connectivity index (χ0n) is 13.3. The van der Waals surface area contributed by atoms with Gasteiger partial charge in [0.15, 0.2) is 11.5 Å². The normalized spacial score (nSPS) is 12.2. The molecule has 0 atom stereocenters. The van der Waals surface area contributed by atoms with Gasteiger partial charge in [-0.05, 0) is 48.2 Å². The van der Waals surface area contributed by atoms with Gasteiger partial charge in [-0.3, -0.25) is 4.79 Å². The van der Waals surface area contributed by atoms with Crippen LogP contribution in [0.3, 0.4) is 0 Å². The zero-order chi connectivity index (χ0) is 16.1. The number of hydrogen-bond donors (Lipinski definition) is 1. The second kappa shape index (κ2) is 7.18. The van der Waals surface area contributed by atoms with Crippen LogP contribution in [-0.2, 0) is 17.6 Å². The van der Waals surface area contributed by atoms with Gasteiger partial charge in [-0.25, -0.2) is 0 Å². The first-order valence-electron chi connectivity index (χ1n) is 8.02. The summed E-state index contributed by atoms with van der Waals surface area (Å²) in [4.78, 5) is 12.1. The zero-order valence-corrected chi connectivity index (χ0v) is 13.3. The molecule has 1 N–H and O–H groups in total. The maximum Gasteiger partial charge on any atom is 0.231 e. The second-order valence-electron chi connectivity index (χ2n) is 5.68. The molecule has 3 rings (SSSR count). The van der Waals surface area contributed by atoms with Gasteiger partial charge < -0.3 is 14.8 Å². The van der Waals surface area contributed by atoms with E-state index in [1.54, 1.807) is 0 Å². The molecule has 0 saturated heterocycles. The van der Waals surface area contributed by atoms with Gasteiger partial charge in [0.05, 0.1) is 0 Å². The van der Waals surface area contributed by atoms with Crippen molar-refractivity contribution in [3.05, 3.63) is 53.6 Å². The number of carbonyl (C=O) groups excluding carboxylic acids is 1. The molecule has 2 aromatic rings. The van der Waals surface area contributed by atoms with Crippen LogP contribution in [0.5, 0.6) is 11.5 Å². The van der Waals surface area contributed by atoms with E-state index in [9.17, 15) is 4.79 Å². The van der Waals surface area contributed by atoms with E-state index >= 15 is 0 Å². The lowest BCUT2D eigenvalue weighted by atomic mass is 10.1. The van der Waals surface area contributed by atoms with Gasteiger partial charge >= 0.3 is 0 Å². The Labute approximate surface area is 136 Å². The fourth-order valence-electron chi connectivity index (χ4n) is 2.62. The molecule has 0 saturated carbocycles. The highest BCUT2D eigenvalue weighted by Gasteiger charge is 2.13. The van der Waals surface area contributed by atoms with Gasteiger partial charge in [0.2, 0.25) is 12.7 Å². The molecule has 1 aliphatic heterocycles. The Hall–Kier alpha value is -2.49. The van der Waals surface area contributed by atoms with Crippen molar-refractivity contribution < 1.29 is 14.3 Å². The minimum atomic E-state index is 0.0194. The van der Waals surface area contributed by atoms with Crippen LogP contribution in [0.1, 0.15) is 30.9 Å². The summed E-state index contributed by atoms with van der Waals surface area (Å²) in [5, 5.41) is 2.94. The van der Waals surface area contributed by atoms with Crippen LogP contribution >= 0.6 is 0 Å². The van der Waals surface area contributed by atoms with E-state index in [-0.39, 0.29) is 12.7 Å². The van der Waals surface area contributed by atoms with Gasteiger partial charge in [0.25, 0.3) is 0 Å². The van der Waals surface area contributed by atoms with E-state index < -0.39 is 0 Å². The average Bonchev–Trinajstić information content (AvgIpc) is 3.03. The van der Waals surface area contributed by atoms with Crippen molar-refractivity contribution in [2.75, 3.05) is 12.1 Å². The molecule has 0 fully saturated rings. The van der Waals surface area contributed by atoms with E-state index in [0.717, 1.165) is 35.6 Å². The Morgan fingerprint density at radius 2 is 1.74 bits per heavy atom. The summed E-state index contributed by atoms with van der Waals surface area (Å²) in [5.41, 5.74) is 3.22. The highest BCUT2D eigenvalue weighted by molar-refractivity contribution is 5.90. The number of anilines is 1. The number of ether oxygens (including phenoxy) is 2. The lowest BCUT2D eigenvalue weighted by Crippen LogP contribution is -2.12. The molecule has 0 aromatic heterocycles. The maximum absolute atomic E-state index is 12.1. The fraction of sp³-hybridized carbons (Fsp3) is 0.316. The van der Waals surface area contributed by atoms with E-state index in [1.165, 1.54) is 5.56 Å². The Balaban J connectivity index is 1.51. The third kappa shape index (κ3) is 4.03. The van der Waals surface area contributed by atoms with Gasteiger partial charge in [0.1, 0.15) is 0 Å². The molecule has 4 heteroatoms. The topological polar surface area (TPSA) is 47.6 Å². The maximum atomic E-state index is 12.1. The first-order chi connectivity index (χ1) is 11.2. The van der Waals surface area contributed by atoms with Crippen molar-refractivity contribution in [3.63, 3.8) is 0 Å². The smallest absolute Gasteiger partial charge is 0.231 e. The van der Waals surface area contributed by atoms with Crippen LogP contribution in [-0.4, -0.2) is 12.7 Å². The van der Waals surface area contributed by atoms with Crippen LogP contribution in [0.4, 0.5) is 5.69 Å². The highest BCUT2D eigenvalue weighted by atomic mass is 16.7. The van der Waals surface area contributed by atoms with Gasteiger partial charge in [0, 0.05) is 12.1 Å². The molecule has 23 heavy (non-hydrogen) atoms. The summed E-state index contributed by atoms with van der Waals surface area (Å²) in [6.07, 6.45) is 3.31. The SMILES string of the molecule is CCCc1ccc(NC(=O)CCc2ccc3c(c2)OCO3)cc1. The van der Waals surface area contributed by atoms with E-state index in [4.69, 9.17) is 9.47 Å². The first-order valence-corrected chi connectivity index (χ1v) is 8.02. The molecule has 0 spiro atoms. The van der Waals surface area contributed by atoms with Crippen LogP contribution in [0.15, 0.2) is 42.5 Å². The summed E-state index contributed by atoms with van der Waals surface area (Å²) in [7, 11) is 0. The molecule has 0 radical (unpaired) electrons. The van der Waals surface area contributed by atoms with Crippen molar-refractivity contribution in [3.8, 4) is 11.5 Å². The van der Waals surface area contributed by atoms with Gasteiger partial charge in [-0.1, -0.05) is 31.5 Å². The Kier molecular flexibility index (Phi) is 4.81. The predicted molar refractivity (Wildman–Crippen MR) is 90.0 cm³/mol. The highest BCUT2D eigenvalue weighted by Crippen LogP contribution is 2.32. The number of nitrogens with one attached hydrogen (secondary N) is 1. The molecule has 1 aliphatic rings. The van der Waals surface area contributed by atoms with Crippen molar-refractivity contribution in [2.45, 2.75) is 32.6 Å². The molecule has 1 heterocycles. The van der Waals surface area contributed by atoms with Crippen LogP contribution in [0.2, 0.25) is 0 Å². The van der Waals surface area contributed by atoms with E-state index in [1.807, 2.05) is 30.3 Å². The Morgan fingerprint density at radius 1 is 1.00 bits per heavy atom. The first kappa shape index (κ1) is 15.4. The summed E-state index contributed by atoms with van der Waals surface area (Å²) in [6, 6.07) is 13.9. The van der Waals surface area contributed by atoms with Crippen molar-refractivity contribution in [1.29, 1.82) is 0 Å². The summed E-state index contributed by atoms with van der Waals surface area (Å²) in [5.74, 6) is 1.55. The molecule has 0 aliphatic carbocycles. The monoisotopic (exact) mass is 311 g/mol. The third-order valence-electron chi connectivity index (χ3n) is 3.85. The molecule has 1 amide bonds. The number of benzene rings is 2. The standard InChI is InChI=1S/C19H21NO3/c1-2-3-14-4-8-16(9-5-14)20-19(21)11-7-15-6-10-17-18(12-15)23-13-22-17/h4-6,8-10,12H,2-3,7,11,13H2,1H3,(H,20,21). The van der Waals surface area contributed by atoms with Crippen LogP contribution in [0, 0.1) is 0 Å². The minimum Gasteiger partial charge on any atom is -0.454 e. The molecular weight excluding hydrogens is 290 g/mol. The van der Waals surface area contributed by atoms with Gasteiger partial charge in [-0.2, -0.15) is 0 Å². The van der Waals surface area contributed by atoms with Gasteiger partial charge in [-0.15, -0.1) is 0 Å². The van der Waals surface area contributed by atoms with E-state index in [2.05, 4.69) is 24.4 Å². The summed E-state index contributed by atoms with van der Waals surface area (Å²) < 4.78 is 10.6. The third-order valence-corrected chi connectivity index (χ3v) is 3.85. The predicted octanol–water partition coefficient (Wildman–Crippen LogP) is 3.94. The van der Waals surface area contributed by atoms with Crippen molar-refractivity contribution in [1.82, 2.24) is 0 Å². The molecule has 2 aromatic carbocycles. The fourth-order valence-corrected chi connectivity index (χ4v) is 2.62. The Morgan fingerprint density at radius 3 is 2.52 bits per heavy atom. The summed E-state index contributed by atoms with van der Waals surface area (Å²) >= 11 is 0.